The van der Waals surface area contributed by atoms with Crippen LogP contribution in [0.15, 0.2) is 24.3 Å². The van der Waals surface area contributed by atoms with Gasteiger partial charge in [-0.05, 0) is 25.0 Å². The van der Waals surface area contributed by atoms with E-state index < -0.39 is 11.9 Å². The van der Waals surface area contributed by atoms with E-state index in [-0.39, 0.29) is 6.61 Å². The molecule has 0 unspecified atom stereocenters. The summed E-state index contributed by atoms with van der Waals surface area (Å²) in [4.78, 5) is 22.5. The highest BCUT2D eigenvalue weighted by Gasteiger charge is 2.15. The lowest BCUT2D eigenvalue weighted by atomic mass is 10.1. The SMILES string of the molecule is CCOC(=O)C(=O)Nc1ccccc1CC. The second kappa shape index (κ2) is 5.90. The third-order valence-electron chi connectivity index (χ3n) is 2.11. The Kier molecular flexibility index (Phi) is 4.51. The summed E-state index contributed by atoms with van der Waals surface area (Å²) >= 11 is 0. The van der Waals surface area contributed by atoms with E-state index in [2.05, 4.69) is 10.1 Å². The second-order valence-electron chi connectivity index (χ2n) is 3.19. The minimum absolute atomic E-state index is 0.196. The van der Waals surface area contributed by atoms with E-state index in [1.165, 1.54) is 0 Å². The van der Waals surface area contributed by atoms with Crippen molar-refractivity contribution in [2.75, 3.05) is 11.9 Å². The number of carbonyl (C=O) groups excluding carboxylic acids is 2. The van der Waals surface area contributed by atoms with Gasteiger partial charge in [0.1, 0.15) is 0 Å². The lowest BCUT2D eigenvalue weighted by Crippen LogP contribution is -2.25. The number of ether oxygens (including phenoxy) is 1. The van der Waals surface area contributed by atoms with Crippen LogP contribution in [-0.2, 0) is 20.7 Å². The molecule has 0 spiro atoms. The quantitative estimate of drug-likeness (QED) is 0.625. The molecule has 0 aliphatic heterocycles. The molecule has 0 fully saturated rings. The van der Waals surface area contributed by atoms with Gasteiger partial charge in [0.2, 0.25) is 0 Å². The Morgan fingerprint density at radius 3 is 2.56 bits per heavy atom. The number of para-hydroxylation sites is 1. The molecule has 1 N–H and O–H groups in total. The Labute approximate surface area is 94.6 Å². The van der Waals surface area contributed by atoms with Crippen molar-refractivity contribution in [1.29, 1.82) is 0 Å². The smallest absolute Gasteiger partial charge is 0.397 e. The van der Waals surface area contributed by atoms with Gasteiger partial charge in [0.15, 0.2) is 0 Å². The molecule has 16 heavy (non-hydrogen) atoms. The molecule has 0 aromatic heterocycles. The fourth-order valence-corrected chi connectivity index (χ4v) is 1.32. The van der Waals surface area contributed by atoms with Gasteiger partial charge >= 0.3 is 11.9 Å². The third-order valence-corrected chi connectivity index (χ3v) is 2.11. The molecule has 0 saturated carbocycles. The number of amides is 1. The van der Waals surface area contributed by atoms with Crippen LogP contribution >= 0.6 is 0 Å². The molecule has 1 aromatic carbocycles. The first-order valence-electron chi connectivity index (χ1n) is 5.25. The summed E-state index contributed by atoms with van der Waals surface area (Å²) in [5.74, 6) is -1.59. The van der Waals surface area contributed by atoms with E-state index in [4.69, 9.17) is 0 Å². The molecule has 0 aliphatic rings. The molecule has 0 saturated heterocycles. The minimum Gasteiger partial charge on any atom is -0.459 e. The largest absolute Gasteiger partial charge is 0.459 e. The van der Waals surface area contributed by atoms with Gasteiger partial charge < -0.3 is 10.1 Å². The van der Waals surface area contributed by atoms with Gasteiger partial charge in [-0.3, -0.25) is 4.79 Å². The van der Waals surface area contributed by atoms with Crippen molar-refractivity contribution in [2.24, 2.45) is 0 Å². The van der Waals surface area contributed by atoms with Crippen LogP contribution in [0, 0.1) is 0 Å². The topological polar surface area (TPSA) is 55.4 Å². The fraction of sp³-hybridized carbons (Fsp3) is 0.333. The van der Waals surface area contributed by atoms with Crippen LogP contribution in [0.4, 0.5) is 5.69 Å². The van der Waals surface area contributed by atoms with Crippen molar-refractivity contribution < 1.29 is 14.3 Å². The molecular weight excluding hydrogens is 206 g/mol. The predicted molar refractivity (Wildman–Crippen MR) is 61.1 cm³/mol. The lowest BCUT2D eigenvalue weighted by molar-refractivity contribution is -0.152. The van der Waals surface area contributed by atoms with Crippen LogP contribution in [-0.4, -0.2) is 18.5 Å². The fourth-order valence-electron chi connectivity index (χ4n) is 1.32. The Morgan fingerprint density at radius 1 is 1.25 bits per heavy atom. The summed E-state index contributed by atoms with van der Waals surface area (Å²) < 4.78 is 4.60. The first-order valence-corrected chi connectivity index (χ1v) is 5.25. The van der Waals surface area contributed by atoms with Gasteiger partial charge in [-0.2, -0.15) is 0 Å². The molecule has 1 rings (SSSR count). The Hall–Kier alpha value is -1.84. The normalized spacial score (nSPS) is 9.62. The maximum Gasteiger partial charge on any atom is 0.397 e. The van der Waals surface area contributed by atoms with Gasteiger partial charge in [0.05, 0.1) is 6.61 Å². The number of anilines is 1. The van der Waals surface area contributed by atoms with E-state index >= 15 is 0 Å². The summed E-state index contributed by atoms with van der Waals surface area (Å²) in [5, 5.41) is 2.53. The number of nitrogens with one attached hydrogen (secondary N) is 1. The highest BCUT2D eigenvalue weighted by Crippen LogP contribution is 2.15. The van der Waals surface area contributed by atoms with Gasteiger partial charge in [-0.1, -0.05) is 25.1 Å². The van der Waals surface area contributed by atoms with E-state index in [9.17, 15) is 9.59 Å². The maximum atomic E-state index is 11.4. The molecule has 1 aromatic rings. The van der Waals surface area contributed by atoms with Crippen molar-refractivity contribution in [3.05, 3.63) is 29.8 Å². The van der Waals surface area contributed by atoms with Gasteiger partial charge in [-0.15, -0.1) is 0 Å². The van der Waals surface area contributed by atoms with E-state index in [0.29, 0.717) is 5.69 Å². The number of benzene rings is 1. The van der Waals surface area contributed by atoms with Crippen LogP contribution in [0.3, 0.4) is 0 Å². The van der Waals surface area contributed by atoms with Gasteiger partial charge in [0.25, 0.3) is 0 Å². The number of aryl methyl sites for hydroxylation is 1. The van der Waals surface area contributed by atoms with E-state index in [0.717, 1.165) is 12.0 Å². The molecule has 4 nitrogen and oxygen atoms in total. The summed E-state index contributed by atoms with van der Waals surface area (Å²) in [6, 6.07) is 7.36. The molecule has 4 heteroatoms. The van der Waals surface area contributed by atoms with Crippen LogP contribution in [0.25, 0.3) is 0 Å². The molecule has 0 heterocycles. The van der Waals surface area contributed by atoms with Crippen LogP contribution in [0.1, 0.15) is 19.4 Å². The molecule has 0 aliphatic carbocycles. The van der Waals surface area contributed by atoms with Crippen molar-refractivity contribution in [3.8, 4) is 0 Å². The van der Waals surface area contributed by atoms with Crippen molar-refractivity contribution >= 4 is 17.6 Å². The number of esters is 1. The highest BCUT2D eigenvalue weighted by atomic mass is 16.5. The molecule has 0 radical (unpaired) electrons. The molecule has 0 bridgehead atoms. The summed E-state index contributed by atoms with van der Waals surface area (Å²) in [6.45, 7) is 3.84. The molecule has 0 atom stereocenters. The summed E-state index contributed by atoms with van der Waals surface area (Å²) in [6.07, 6.45) is 0.791. The monoisotopic (exact) mass is 221 g/mol. The Morgan fingerprint density at radius 2 is 1.94 bits per heavy atom. The first kappa shape index (κ1) is 12.2. The highest BCUT2D eigenvalue weighted by molar-refractivity contribution is 6.37. The second-order valence-corrected chi connectivity index (χ2v) is 3.19. The maximum absolute atomic E-state index is 11.4. The number of hydrogen-bond donors (Lipinski definition) is 1. The number of carbonyl (C=O) groups is 2. The number of hydrogen-bond acceptors (Lipinski definition) is 3. The molecule has 1 amide bonds. The van der Waals surface area contributed by atoms with Gasteiger partial charge in [0, 0.05) is 5.69 Å². The zero-order valence-electron chi connectivity index (χ0n) is 9.45. The average molecular weight is 221 g/mol. The average Bonchev–Trinajstić information content (AvgIpc) is 2.30. The molecular formula is C12H15NO3. The van der Waals surface area contributed by atoms with E-state index in [1.54, 1.807) is 19.1 Å². The summed E-state index contributed by atoms with van der Waals surface area (Å²) in [7, 11) is 0. The summed E-state index contributed by atoms with van der Waals surface area (Å²) in [5.41, 5.74) is 1.64. The first-order chi connectivity index (χ1) is 7.69. The minimum atomic E-state index is -0.853. The molecule has 86 valence electrons. The van der Waals surface area contributed by atoms with Crippen LogP contribution in [0.5, 0.6) is 0 Å². The predicted octanol–water partition coefficient (Wildman–Crippen LogP) is 1.75. The Bertz CT molecular complexity index is 388. The van der Waals surface area contributed by atoms with Crippen LogP contribution < -0.4 is 5.32 Å². The zero-order chi connectivity index (χ0) is 12.0. The third kappa shape index (κ3) is 3.08. The van der Waals surface area contributed by atoms with E-state index in [1.807, 2.05) is 19.1 Å². The van der Waals surface area contributed by atoms with Crippen LogP contribution in [0.2, 0.25) is 0 Å². The van der Waals surface area contributed by atoms with Crippen molar-refractivity contribution in [3.63, 3.8) is 0 Å². The Balaban J connectivity index is 2.73. The van der Waals surface area contributed by atoms with Gasteiger partial charge in [-0.25, -0.2) is 4.79 Å². The lowest BCUT2D eigenvalue weighted by Gasteiger charge is -2.08. The van der Waals surface area contributed by atoms with Crippen molar-refractivity contribution in [1.82, 2.24) is 0 Å². The van der Waals surface area contributed by atoms with Crippen molar-refractivity contribution in [2.45, 2.75) is 20.3 Å². The standard InChI is InChI=1S/C12H15NO3/c1-3-9-7-5-6-8-10(9)13-11(14)12(15)16-4-2/h5-8H,3-4H2,1-2H3,(H,13,14). The number of rotatable bonds is 3. The zero-order valence-corrected chi connectivity index (χ0v) is 9.45.